The van der Waals surface area contributed by atoms with Gasteiger partial charge in [-0.1, -0.05) is 32.6 Å². The van der Waals surface area contributed by atoms with Gasteiger partial charge in [0.05, 0.1) is 18.7 Å². The lowest BCUT2D eigenvalue weighted by Crippen LogP contribution is -2.39. The highest BCUT2D eigenvalue weighted by Crippen LogP contribution is 2.33. The van der Waals surface area contributed by atoms with Gasteiger partial charge in [-0.05, 0) is 31.5 Å². The molecule has 0 radical (unpaired) electrons. The lowest BCUT2D eigenvalue weighted by Gasteiger charge is -2.29. The van der Waals surface area contributed by atoms with Crippen LogP contribution in [0.4, 0.5) is 5.69 Å². The van der Waals surface area contributed by atoms with E-state index >= 15 is 0 Å². The summed E-state index contributed by atoms with van der Waals surface area (Å²) in [6, 6.07) is 5.11. The first-order valence-corrected chi connectivity index (χ1v) is 9.82. The molecule has 1 aliphatic rings. The third-order valence-corrected chi connectivity index (χ3v) is 4.57. The number of ketones is 1. The van der Waals surface area contributed by atoms with Crippen LogP contribution in [-0.2, 0) is 14.3 Å². The van der Waals surface area contributed by atoms with Crippen LogP contribution in [0.25, 0.3) is 0 Å². The minimum atomic E-state index is -0.379. The molecule has 1 aliphatic heterocycles. The zero-order valence-corrected chi connectivity index (χ0v) is 16.3. The standard InChI is InChI=1S/C21H29NO5/c1-3-5-6-7-8-13-22-17-14-16(9-11-19(17)27-15-20(22)24)18(23)10-12-21(25)26-4-2/h9,11,14H,3-8,10,12-13,15H2,1-2H3. The highest BCUT2D eigenvalue weighted by Gasteiger charge is 2.26. The number of benzene rings is 1. The van der Waals surface area contributed by atoms with Crippen LogP contribution in [-0.4, -0.2) is 37.4 Å². The maximum absolute atomic E-state index is 12.4. The molecule has 0 spiro atoms. The van der Waals surface area contributed by atoms with E-state index in [1.165, 1.54) is 12.8 Å². The number of amides is 1. The second-order valence-corrected chi connectivity index (χ2v) is 6.66. The SMILES string of the molecule is CCCCCCCN1C(=O)COc2ccc(C(=O)CCC(=O)OCC)cc21. The van der Waals surface area contributed by atoms with Gasteiger partial charge in [0.2, 0.25) is 0 Å². The van der Waals surface area contributed by atoms with E-state index in [0.717, 1.165) is 19.3 Å². The second-order valence-electron chi connectivity index (χ2n) is 6.66. The number of fused-ring (bicyclic) bond motifs is 1. The van der Waals surface area contributed by atoms with Crippen LogP contribution in [0.1, 0.15) is 69.2 Å². The number of rotatable bonds is 11. The Balaban J connectivity index is 2.04. The first kappa shape index (κ1) is 20.9. The van der Waals surface area contributed by atoms with Crippen LogP contribution in [0.15, 0.2) is 18.2 Å². The van der Waals surface area contributed by atoms with Gasteiger partial charge in [0.15, 0.2) is 12.4 Å². The normalized spacial score (nSPS) is 13.1. The summed E-state index contributed by atoms with van der Waals surface area (Å²) in [4.78, 5) is 37.9. The summed E-state index contributed by atoms with van der Waals surface area (Å²) in [7, 11) is 0. The van der Waals surface area contributed by atoms with Gasteiger partial charge in [-0.2, -0.15) is 0 Å². The van der Waals surface area contributed by atoms with Crippen molar-refractivity contribution in [1.82, 2.24) is 0 Å². The minimum absolute atomic E-state index is 0.0259. The summed E-state index contributed by atoms with van der Waals surface area (Å²) in [5.41, 5.74) is 1.12. The topological polar surface area (TPSA) is 72.9 Å². The molecule has 0 saturated carbocycles. The number of esters is 1. The molecule has 0 atom stereocenters. The van der Waals surface area contributed by atoms with E-state index < -0.39 is 0 Å². The van der Waals surface area contributed by atoms with Crippen molar-refractivity contribution in [1.29, 1.82) is 0 Å². The van der Waals surface area contributed by atoms with Crippen LogP contribution in [0, 0.1) is 0 Å². The monoisotopic (exact) mass is 375 g/mol. The molecule has 148 valence electrons. The maximum Gasteiger partial charge on any atom is 0.306 e. The first-order valence-electron chi connectivity index (χ1n) is 9.82. The lowest BCUT2D eigenvalue weighted by atomic mass is 10.0. The molecular weight excluding hydrogens is 346 g/mol. The largest absolute Gasteiger partial charge is 0.482 e. The summed E-state index contributed by atoms with van der Waals surface area (Å²) in [5, 5.41) is 0. The molecule has 1 aromatic rings. The summed E-state index contributed by atoms with van der Waals surface area (Å²) in [6.45, 7) is 4.86. The summed E-state index contributed by atoms with van der Waals surface area (Å²) < 4.78 is 10.4. The fraction of sp³-hybridized carbons (Fsp3) is 0.571. The number of ether oxygens (including phenoxy) is 2. The molecule has 1 aromatic carbocycles. The Hall–Kier alpha value is -2.37. The average molecular weight is 375 g/mol. The zero-order chi connectivity index (χ0) is 19.6. The predicted molar refractivity (Wildman–Crippen MR) is 103 cm³/mol. The third kappa shape index (κ3) is 6.08. The molecule has 1 heterocycles. The van der Waals surface area contributed by atoms with Gasteiger partial charge in [-0.25, -0.2) is 0 Å². The molecule has 2 rings (SSSR count). The summed E-state index contributed by atoms with van der Waals surface area (Å²) >= 11 is 0. The van der Waals surface area contributed by atoms with Crippen molar-refractivity contribution in [3.8, 4) is 5.75 Å². The van der Waals surface area contributed by atoms with E-state index in [9.17, 15) is 14.4 Å². The van der Waals surface area contributed by atoms with E-state index in [4.69, 9.17) is 9.47 Å². The smallest absolute Gasteiger partial charge is 0.306 e. The lowest BCUT2D eigenvalue weighted by molar-refractivity contribution is -0.143. The van der Waals surface area contributed by atoms with Crippen molar-refractivity contribution in [2.24, 2.45) is 0 Å². The van der Waals surface area contributed by atoms with Gasteiger partial charge in [-0.3, -0.25) is 14.4 Å². The summed E-state index contributed by atoms with van der Waals surface area (Å²) in [5.74, 6) is 0.00186. The van der Waals surface area contributed by atoms with Crippen molar-refractivity contribution in [3.63, 3.8) is 0 Å². The van der Waals surface area contributed by atoms with Gasteiger partial charge in [0.1, 0.15) is 5.75 Å². The number of Topliss-reactive ketones (excluding diaryl/α,β-unsaturated/α-hetero) is 1. The Morgan fingerprint density at radius 1 is 1.11 bits per heavy atom. The molecule has 0 fully saturated rings. The van der Waals surface area contributed by atoms with Crippen LogP contribution >= 0.6 is 0 Å². The van der Waals surface area contributed by atoms with E-state index in [2.05, 4.69) is 6.92 Å². The van der Waals surface area contributed by atoms with Crippen molar-refractivity contribution in [2.45, 2.75) is 58.8 Å². The molecule has 27 heavy (non-hydrogen) atoms. The quantitative estimate of drug-likeness (QED) is 0.333. The van der Waals surface area contributed by atoms with Gasteiger partial charge in [0, 0.05) is 18.5 Å². The van der Waals surface area contributed by atoms with Crippen LogP contribution in [0.2, 0.25) is 0 Å². The number of unbranched alkanes of at least 4 members (excludes halogenated alkanes) is 4. The molecule has 0 N–H and O–H groups in total. The minimum Gasteiger partial charge on any atom is -0.482 e. The van der Waals surface area contributed by atoms with Gasteiger partial charge >= 0.3 is 5.97 Å². The molecule has 0 aromatic heterocycles. The molecule has 0 saturated heterocycles. The van der Waals surface area contributed by atoms with Crippen molar-refractivity contribution >= 4 is 23.3 Å². The summed E-state index contributed by atoms with van der Waals surface area (Å²) in [6.07, 6.45) is 5.68. The number of anilines is 1. The van der Waals surface area contributed by atoms with Crippen LogP contribution in [0.5, 0.6) is 5.75 Å². The molecular formula is C21H29NO5. The molecule has 1 amide bonds. The Morgan fingerprint density at radius 2 is 1.89 bits per heavy atom. The maximum atomic E-state index is 12.4. The first-order chi connectivity index (χ1) is 13.1. The Bertz CT molecular complexity index is 671. The number of hydrogen-bond donors (Lipinski definition) is 0. The van der Waals surface area contributed by atoms with Gasteiger partial charge in [0.25, 0.3) is 5.91 Å². The van der Waals surface area contributed by atoms with Crippen molar-refractivity contribution in [2.75, 3.05) is 24.7 Å². The van der Waals surface area contributed by atoms with E-state index in [1.54, 1.807) is 30.0 Å². The number of nitrogens with zero attached hydrogens (tertiary/aromatic N) is 1. The van der Waals surface area contributed by atoms with Gasteiger partial charge < -0.3 is 14.4 Å². The molecule has 6 heteroatoms. The third-order valence-electron chi connectivity index (χ3n) is 4.57. The predicted octanol–water partition coefficient (Wildman–Crippen LogP) is 3.91. The number of carbonyl (C=O) groups excluding carboxylic acids is 3. The Morgan fingerprint density at radius 3 is 2.63 bits per heavy atom. The molecule has 0 aliphatic carbocycles. The van der Waals surface area contributed by atoms with Crippen LogP contribution < -0.4 is 9.64 Å². The molecule has 0 bridgehead atoms. The van der Waals surface area contributed by atoms with Gasteiger partial charge in [-0.15, -0.1) is 0 Å². The fourth-order valence-electron chi connectivity index (χ4n) is 3.09. The van der Waals surface area contributed by atoms with Crippen molar-refractivity contribution in [3.05, 3.63) is 23.8 Å². The van der Waals surface area contributed by atoms with Crippen molar-refractivity contribution < 1.29 is 23.9 Å². The molecule has 0 unspecified atom stereocenters. The number of carbonyl (C=O) groups is 3. The Kier molecular flexibility index (Phi) is 8.30. The molecule has 6 nitrogen and oxygen atoms in total. The van der Waals surface area contributed by atoms with E-state index in [1.807, 2.05) is 0 Å². The van der Waals surface area contributed by atoms with Crippen LogP contribution in [0.3, 0.4) is 0 Å². The zero-order valence-electron chi connectivity index (χ0n) is 16.3. The second kappa shape index (κ2) is 10.7. The highest BCUT2D eigenvalue weighted by molar-refractivity contribution is 6.02. The fourth-order valence-corrected chi connectivity index (χ4v) is 3.09. The highest BCUT2D eigenvalue weighted by atomic mass is 16.5. The average Bonchev–Trinajstić information content (AvgIpc) is 2.67. The number of hydrogen-bond acceptors (Lipinski definition) is 5. The Labute approximate surface area is 160 Å². The van der Waals surface area contributed by atoms with E-state index in [-0.39, 0.29) is 37.1 Å². The van der Waals surface area contributed by atoms with E-state index in [0.29, 0.717) is 30.2 Å².